The molecule has 2 amide bonds. The molecule has 0 aliphatic carbocycles. The number of rotatable bonds is 10. The number of aliphatic hydroxyl groups is 1. The molecule has 4 heterocycles. The molecule has 3 saturated heterocycles. The number of carbonyl (C=O) groups is 2. The fourth-order valence-electron chi connectivity index (χ4n) is 8.15. The van der Waals surface area contributed by atoms with Crippen molar-refractivity contribution in [2.24, 2.45) is 0 Å². The van der Waals surface area contributed by atoms with Crippen LogP contribution in [0.3, 0.4) is 0 Å². The average Bonchev–Trinajstić information content (AvgIpc) is 3.90. The lowest BCUT2D eigenvalue weighted by atomic mass is 9.98. The first-order chi connectivity index (χ1) is 24.5. The summed E-state index contributed by atoms with van der Waals surface area (Å²) in [5.74, 6) is -0.499. The highest BCUT2D eigenvalue weighted by atomic mass is 16.7. The van der Waals surface area contributed by atoms with E-state index in [1.54, 1.807) is 24.3 Å². The molecule has 4 aromatic rings. The number of nitrogens with zero attached hydrogens (tertiary/aromatic N) is 3. The van der Waals surface area contributed by atoms with E-state index in [1.807, 2.05) is 36.4 Å². The van der Waals surface area contributed by atoms with Gasteiger partial charge in [0.05, 0.1) is 36.5 Å². The number of amides is 2. The number of aliphatic hydroxyl groups excluding tert-OH is 1. The van der Waals surface area contributed by atoms with Crippen molar-refractivity contribution in [3.8, 4) is 11.1 Å². The van der Waals surface area contributed by atoms with Gasteiger partial charge in [0.1, 0.15) is 0 Å². The van der Waals surface area contributed by atoms with Gasteiger partial charge >= 0.3 is 0 Å². The molecular weight excluding hydrogens is 626 g/mol. The SMILES string of the molecule is O=C1c2ccccc2C(=O)N1Cc1cccc(-c2ccc([C@@H]3O[C@H](CN4CCC[C@H]4CN4CCCC4)C[C@H](c4ccc(CO)cc4)O3)cc2)c1. The van der Waals surface area contributed by atoms with Gasteiger partial charge in [-0.15, -0.1) is 0 Å². The predicted molar refractivity (Wildman–Crippen MR) is 191 cm³/mol. The van der Waals surface area contributed by atoms with Gasteiger partial charge in [-0.05, 0) is 91.3 Å². The van der Waals surface area contributed by atoms with Gasteiger partial charge in [0.2, 0.25) is 0 Å². The van der Waals surface area contributed by atoms with E-state index in [0.717, 1.165) is 59.4 Å². The Hall–Kier alpha value is -4.18. The molecule has 3 fully saturated rings. The van der Waals surface area contributed by atoms with Gasteiger partial charge in [-0.3, -0.25) is 19.4 Å². The van der Waals surface area contributed by atoms with E-state index < -0.39 is 6.29 Å². The molecule has 0 spiro atoms. The molecule has 0 saturated carbocycles. The summed E-state index contributed by atoms with van der Waals surface area (Å²) in [6, 6.07) is 32.0. The van der Waals surface area contributed by atoms with Gasteiger partial charge in [-0.1, -0.05) is 78.9 Å². The molecule has 8 rings (SSSR count). The first kappa shape index (κ1) is 33.0. The van der Waals surface area contributed by atoms with Crippen LogP contribution in [0, 0.1) is 0 Å². The van der Waals surface area contributed by atoms with Gasteiger partial charge in [0.15, 0.2) is 6.29 Å². The number of ether oxygens (including phenoxy) is 2. The van der Waals surface area contributed by atoms with Crippen LogP contribution in [-0.4, -0.2) is 76.5 Å². The lowest BCUT2D eigenvalue weighted by molar-refractivity contribution is -0.253. The Morgan fingerprint density at radius 3 is 2.12 bits per heavy atom. The fourth-order valence-corrected chi connectivity index (χ4v) is 8.15. The Labute approximate surface area is 294 Å². The van der Waals surface area contributed by atoms with Crippen LogP contribution in [0.4, 0.5) is 0 Å². The van der Waals surface area contributed by atoms with E-state index in [0.29, 0.717) is 17.2 Å². The number of hydrogen-bond acceptors (Lipinski definition) is 7. The predicted octanol–water partition coefficient (Wildman–Crippen LogP) is 6.75. The zero-order valence-electron chi connectivity index (χ0n) is 28.5. The zero-order valence-corrected chi connectivity index (χ0v) is 28.5. The summed E-state index contributed by atoms with van der Waals surface area (Å²) < 4.78 is 13.4. The maximum atomic E-state index is 13.0. The first-order valence-corrected chi connectivity index (χ1v) is 18.1. The Kier molecular flexibility index (Phi) is 9.62. The molecular formula is C42H45N3O5. The van der Waals surface area contributed by atoms with Crippen LogP contribution in [0.25, 0.3) is 11.1 Å². The zero-order chi connectivity index (χ0) is 34.0. The molecule has 8 heteroatoms. The van der Waals surface area contributed by atoms with E-state index in [-0.39, 0.29) is 37.2 Å². The molecule has 50 heavy (non-hydrogen) atoms. The van der Waals surface area contributed by atoms with E-state index in [4.69, 9.17) is 9.47 Å². The van der Waals surface area contributed by atoms with Crippen LogP contribution in [-0.2, 0) is 22.6 Å². The highest BCUT2D eigenvalue weighted by Crippen LogP contribution is 2.39. The second-order valence-corrected chi connectivity index (χ2v) is 14.2. The highest BCUT2D eigenvalue weighted by Gasteiger charge is 2.37. The molecule has 0 aromatic heterocycles. The monoisotopic (exact) mass is 671 g/mol. The number of imide groups is 1. The number of hydrogen-bond donors (Lipinski definition) is 1. The number of likely N-dealkylation sites (tertiary alicyclic amines) is 2. The molecule has 4 atom stereocenters. The van der Waals surface area contributed by atoms with E-state index >= 15 is 0 Å². The largest absolute Gasteiger partial charge is 0.392 e. The average molecular weight is 672 g/mol. The van der Waals surface area contributed by atoms with Crippen molar-refractivity contribution < 1.29 is 24.2 Å². The molecule has 258 valence electrons. The van der Waals surface area contributed by atoms with E-state index in [2.05, 4.69) is 46.2 Å². The normalized spacial score (nSPS) is 24.3. The smallest absolute Gasteiger partial charge is 0.261 e. The minimum absolute atomic E-state index is 0.0194. The van der Waals surface area contributed by atoms with E-state index in [9.17, 15) is 14.7 Å². The Morgan fingerprint density at radius 1 is 0.680 bits per heavy atom. The molecule has 0 radical (unpaired) electrons. The summed E-state index contributed by atoms with van der Waals surface area (Å²) in [7, 11) is 0. The fraction of sp³-hybridized carbons (Fsp3) is 0.381. The molecule has 0 bridgehead atoms. The van der Waals surface area contributed by atoms with Crippen molar-refractivity contribution in [3.63, 3.8) is 0 Å². The van der Waals surface area contributed by atoms with E-state index in [1.165, 1.54) is 43.7 Å². The Balaban J connectivity index is 0.985. The number of fused-ring (bicyclic) bond motifs is 1. The number of benzene rings is 4. The van der Waals surface area contributed by atoms with Crippen molar-refractivity contribution >= 4 is 11.8 Å². The summed E-state index contributed by atoms with van der Waals surface area (Å²) in [5.41, 5.74) is 6.81. The van der Waals surface area contributed by atoms with Crippen molar-refractivity contribution in [3.05, 3.63) is 130 Å². The first-order valence-electron chi connectivity index (χ1n) is 18.1. The van der Waals surface area contributed by atoms with Crippen LogP contribution in [0.1, 0.15) is 87.5 Å². The van der Waals surface area contributed by atoms with Crippen LogP contribution in [0.15, 0.2) is 97.1 Å². The Bertz CT molecular complexity index is 1790. The van der Waals surface area contributed by atoms with Gasteiger partial charge in [0.25, 0.3) is 11.8 Å². The van der Waals surface area contributed by atoms with Crippen molar-refractivity contribution in [2.45, 2.75) is 69.8 Å². The lowest BCUT2D eigenvalue weighted by Gasteiger charge is -2.39. The maximum Gasteiger partial charge on any atom is 0.261 e. The van der Waals surface area contributed by atoms with Crippen LogP contribution in [0.2, 0.25) is 0 Å². The highest BCUT2D eigenvalue weighted by molar-refractivity contribution is 6.21. The van der Waals surface area contributed by atoms with Crippen molar-refractivity contribution in [2.75, 3.05) is 32.7 Å². The third-order valence-corrected chi connectivity index (χ3v) is 10.9. The van der Waals surface area contributed by atoms with Crippen LogP contribution >= 0.6 is 0 Å². The summed E-state index contributed by atoms with van der Waals surface area (Å²) in [5, 5.41) is 9.61. The summed E-state index contributed by atoms with van der Waals surface area (Å²) >= 11 is 0. The minimum Gasteiger partial charge on any atom is -0.392 e. The molecule has 1 N–H and O–H groups in total. The molecule has 8 nitrogen and oxygen atoms in total. The third-order valence-electron chi connectivity index (χ3n) is 10.9. The second kappa shape index (κ2) is 14.6. The summed E-state index contributed by atoms with van der Waals surface area (Å²) in [4.78, 5) is 32.5. The van der Waals surface area contributed by atoms with Gasteiger partial charge in [-0.2, -0.15) is 0 Å². The van der Waals surface area contributed by atoms with Gasteiger partial charge < -0.3 is 19.5 Å². The minimum atomic E-state index is -0.509. The van der Waals surface area contributed by atoms with Crippen LogP contribution in [0.5, 0.6) is 0 Å². The molecule has 4 aliphatic heterocycles. The quantitative estimate of drug-likeness (QED) is 0.187. The van der Waals surface area contributed by atoms with Crippen molar-refractivity contribution in [1.29, 1.82) is 0 Å². The molecule has 4 aromatic carbocycles. The lowest BCUT2D eigenvalue weighted by Crippen LogP contribution is -2.45. The van der Waals surface area contributed by atoms with Crippen LogP contribution < -0.4 is 0 Å². The Morgan fingerprint density at radius 2 is 1.40 bits per heavy atom. The number of carbonyl (C=O) groups excluding carboxylic acids is 2. The maximum absolute atomic E-state index is 13.0. The van der Waals surface area contributed by atoms with Crippen molar-refractivity contribution in [1.82, 2.24) is 14.7 Å². The molecule has 4 aliphatic rings. The summed E-state index contributed by atoms with van der Waals surface area (Å²) in [6.07, 6.45) is 5.28. The third kappa shape index (κ3) is 6.91. The standard InChI is InChI=1S/C42H45N3O5/c46-28-29-12-14-32(15-13-29)39-24-36(27-44-22-6-9-35(44)26-43-20-3-4-21-43)49-42(50-39)33-18-16-31(17-19-33)34-8-5-7-30(23-34)25-45-40(47)37-10-1-2-11-38(37)41(45)48/h1-2,5,7-8,10-19,23,35-36,39,42,46H,3-4,6,9,20-22,24-28H2/t35-,36-,39+,42+/m0/s1. The second-order valence-electron chi connectivity index (χ2n) is 14.2. The molecule has 0 unspecified atom stereocenters. The van der Waals surface area contributed by atoms with Gasteiger partial charge in [0, 0.05) is 31.1 Å². The summed E-state index contributed by atoms with van der Waals surface area (Å²) in [6.45, 7) is 5.84. The van der Waals surface area contributed by atoms with Gasteiger partial charge in [-0.25, -0.2) is 0 Å². The topological polar surface area (TPSA) is 82.6 Å².